The van der Waals surface area contributed by atoms with Crippen molar-refractivity contribution in [3.8, 4) is 17.2 Å². The zero-order valence-electron chi connectivity index (χ0n) is 21.4. The molecule has 0 N–H and O–H groups in total. The lowest BCUT2D eigenvalue weighted by Gasteiger charge is -2.27. The van der Waals surface area contributed by atoms with Gasteiger partial charge in [-0.15, -0.1) is 0 Å². The smallest absolute Gasteiger partial charge is 0.342 e. The average Bonchev–Trinajstić information content (AvgIpc) is 3.37. The van der Waals surface area contributed by atoms with Crippen LogP contribution < -0.4 is 9.47 Å². The molecule has 2 aromatic carbocycles. The summed E-state index contributed by atoms with van der Waals surface area (Å²) in [5, 5.41) is 4.49. The van der Waals surface area contributed by atoms with Gasteiger partial charge in [-0.3, -0.25) is 4.79 Å². The molecule has 2 aromatic heterocycles. The van der Waals surface area contributed by atoms with Crippen molar-refractivity contribution in [2.75, 3.05) is 13.2 Å². The Hall–Kier alpha value is -4.33. The van der Waals surface area contributed by atoms with Gasteiger partial charge in [0.15, 0.2) is 24.2 Å². The van der Waals surface area contributed by atoms with Gasteiger partial charge in [0.05, 0.1) is 23.6 Å². The van der Waals surface area contributed by atoms with E-state index in [1.807, 2.05) is 86.0 Å². The van der Waals surface area contributed by atoms with E-state index in [4.69, 9.17) is 14.2 Å². The Morgan fingerprint density at radius 3 is 2.43 bits per heavy atom. The van der Waals surface area contributed by atoms with E-state index in [2.05, 4.69) is 5.10 Å². The molecule has 37 heavy (non-hydrogen) atoms. The number of aryl methyl sites for hydroxylation is 2. The van der Waals surface area contributed by atoms with Gasteiger partial charge >= 0.3 is 5.97 Å². The largest absolute Gasteiger partial charge is 0.486 e. The maximum Gasteiger partial charge on any atom is 0.342 e. The molecule has 8 heteroatoms. The summed E-state index contributed by atoms with van der Waals surface area (Å²) in [5.41, 5.74) is 4.67. The van der Waals surface area contributed by atoms with Crippen LogP contribution in [0, 0.1) is 27.7 Å². The number of ether oxygens (including phenoxy) is 3. The summed E-state index contributed by atoms with van der Waals surface area (Å²) < 4.78 is 21.1. The van der Waals surface area contributed by atoms with E-state index in [1.165, 1.54) is 0 Å². The highest BCUT2D eigenvalue weighted by molar-refractivity contribution is 6.00. The zero-order chi connectivity index (χ0) is 26.1. The zero-order valence-corrected chi connectivity index (χ0v) is 21.4. The van der Waals surface area contributed by atoms with Gasteiger partial charge < -0.3 is 18.8 Å². The van der Waals surface area contributed by atoms with Crippen LogP contribution in [0.25, 0.3) is 5.69 Å². The van der Waals surface area contributed by atoms with E-state index >= 15 is 0 Å². The van der Waals surface area contributed by atoms with Crippen molar-refractivity contribution in [3.05, 3.63) is 94.6 Å². The third-order valence-electron chi connectivity index (χ3n) is 6.66. The summed E-state index contributed by atoms with van der Waals surface area (Å²) in [6.07, 6.45) is -0.187. The molecule has 0 amide bonds. The highest BCUT2D eigenvalue weighted by Crippen LogP contribution is 2.31. The monoisotopic (exact) mass is 499 g/mol. The standard InChI is InChI=1S/C29H29N3O5/c1-18-14-24(20(3)31(18)15-23-16-35-26-12-8-9-13-27(26)37-23)25(33)17-36-29(34)28-19(2)30-32(21(28)4)22-10-6-5-7-11-22/h5-14,23H,15-17H2,1-4H3/t23-/m1/s1. The molecule has 5 rings (SSSR count). The first-order valence-corrected chi connectivity index (χ1v) is 12.2. The maximum absolute atomic E-state index is 13.1. The van der Waals surface area contributed by atoms with E-state index in [-0.39, 0.29) is 18.5 Å². The molecular weight excluding hydrogens is 470 g/mol. The van der Waals surface area contributed by atoms with E-state index in [0.717, 1.165) is 22.8 Å². The summed E-state index contributed by atoms with van der Waals surface area (Å²) in [6, 6.07) is 19.0. The normalized spacial score (nSPS) is 14.4. The fourth-order valence-electron chi connectivity index (χ4n) is 4.76. The fourth-order valence-corrected chi connectivity index (χ4v) is 4.76. The Balaban J connectivity index is 1.26. The van der Waals surface area contributed by atoms with Crippen molar-refractivity contribution in [2.45, 2.75) is 40.3 Å². The number of hydrogen-bond donors (Lipinski definition) is 0. The lowest BCUT2D eigenvalue weighted by atomic mass is 10.1. The van der Waals surface area contributed by atoms with Crippen molar-refractivity contribution < 1.29 is 23.8 Å². The Labute approximate surface area is 215 Å². The van der Waals surface area contributed by atoms with Crippen LogP contribution in [0.3, 0.4) is 0 Å². The first-order valence-electron chi connectivity index (χ1n) is 12.2. The number of ketones is 1. The van der Waals surface area contributed by atoms with E-state index < -0.39 is 5.97 Å². The molecule has 0 spiro atoms. The molecule has 0 saturated carbocycles. The number of benzene rings is 2. The number of para-hydroxylation sites is 3. The van der Waals surface area contributed by atoms with Crippen molar-refractivity contribution in [1.29, 1.82) is 0 Å². The number of rotatable bonds is 7. The lowest BCUT2D eigenvalue weighted by molar-refractivity contribution is 0.0473. The van der Waals surface area contributed by atoms with Crippen LogP contribution in [0.15, 0.2) is 60.7 Å². The molecule has 0 fully saturated rings. The molecule has 1 aliphatic heterocycles. The molecule has 3 heterocycles. The highest BCUT2D eigenvalue weighted by Gasteiger charge is 2.25. The number of carbonyl (C=O) groups excluding carboxylic acids is 2. The minimum absolute atomic E-state index is 0.187. The van der Waals surface area contributed by atoms with Gasteiger partial charge in [0.2, 0.25) is 5.78 Å². The molecule has 190 valence electrons. The van der Waals surface area contributed by atoms with Crippen LogP contribution >= 0.6 is 0 Å². The van der Waals surface area contributed by atoms with E-state index in [1.54, 1.807) is 11.6 Å². The predicted molar refractivity (Wildman–Crippen MR) is 138 cm³/mol. The Kier molecular flexibility index (Phi) is 6.56. The Morgan fingerprint density at radius 1 is 0.973 bits per heavy atom. The SMILES string of the molecule is Cc1nn(-c2ccccc2)c(C)c1C(=O)OCC(=O)c1cc(C)n(C[C@@H]2COc3ccccc3O2)c1C. The molecular formula is C29H29N3O5. The van der Waals surface area contributed by atoms with E-state index in [0.29, 0.717) is 41.4 Å². The van der Waals surface area contributed by atoms with Crippen LogP contribution in [0.2, 0.25) is 0 Å². The molecule has 1 atom stereocenters. The van der Waals surface area contributed by atoms with Gasteiger partial charge in [-0.05, 0) is 58.0 Å². The van der Waals surface area contributed by atoms with Crippen molar-refractivity contribution in [3.63, 3.8) is 0 Å². The van der Waals surface area contributed by atoms with Gasteiger partial charge in [-0.2, -0.15) is 5.10 Å². The second-order valence-electron chi connectivity index (χ2n) is 9.19. The van der Waals surface area contributed by atoms with Crippen LogP contribution in [0.4, 0.5) is 0 Å². The topological polar surface area (TPSA) is 84.6 Å². The predicted octanol–water partition coefficient (Wildman–Crippen LogP) is 4.79. The molecule has 8 nitrogen and oxygen atoms in total. The summed E-state index contributed by atoms with van der Waals surface area (Å²) in [5.74, 6) is 0.623. The first kappa shape index (κ1) is 24.4. The third-order valence-corrected chi connectivity index (χ3v) is 6.66. The summed E-state index contributed by atoms with van der Waals surface area (Å²) >= 11 is 0. The second kappa shape index (κ2) is 9.97. The van der Waals surface area contributed by atoms with Gasteiger partial charge in [-0.25, -0.2) is 9.48 Å². The summed E-state index contributed by atoms with van der Waals surface area (Å²) in [6.45, 7) is 8.01. The molecule has 0 saturated heterocycles. The number of hydrogen-bond acceptors (Lipinski definition) is 6. The Bertz CT molecular complexity index is 1470. The van der Waals surface area contributed by atoms with Crippen molar-refractivity contribution >= 4 is 11.8 Å². The van der Waals surface area contributed by atoms with Crippen molar-refractivity contribution in [2.24, 2.45) is 0 Å². The van der Waals surface area contributed by atoms with Gasteiger partial charge in [0.1, 0.15) is 12.2 Å². The molecule has 0 radical (unpaired) electrons. The number of esters is 1. The number of Topliss-reactive ketones (excluding diaryl/α,β-unsaturated/α-hetero) is 1. The Morgan fingerprint density at radius 2 is 1.68 bits per heavy atom. The lowest BCUT2D eigenvalue weighted by Crippen LogP contribution is -2.33. The molecule has 4 aromatic rings. The number of aromatic nitrogens is 3. The minimum Gasteiger partial charge on any atom is -0.486 e. The molecule has 0 aliphatic carbocycles. The summed E-state index contributed by atoms with van der Waals surface area (Å²) in [7, 11) is 0. The summed E-state index contributed by atoms with van der Waals surface area (Å²) in [4.78, 5) is 26.0. The van der Waals surface area contributed by atoms with Crippen molar-refractivity contribution in [1.82, 2.24) is 14.3 Å². The molecule has 0 unspecified atom stereocenters. The molecule has 1 aliphatic rings. The van der Waals surface area contributed by atoms with Gasteiger partial charge in [-0.1, -0.05) is 30.3 Å². The first-order chi connectivity index (χ1) is 17.8. The quantitative estimate of drug-likeness (QED) is 0.269. The van der Waals surface area contributed by atoms with E-state index in [9.17, 15) is 9.59 Å². The van der Waals surface area contributed by atoms with Gasteiger partial charge in [0.25, 0.3) is 0 Å². The maximum atomic E-state index is 13.1. The van der Waals surface area contributed by atoms with Crippen LogP contribution in [0.5, 0.6) is 11.5 Å². The third kappa shape index (κ3) is 4.74. The number of nitrogens with zero attached hydrogens (tertiary/aromatic N) is 3. The van der Waals surface area contributed by atoms with Gasteiger partial charge in [0, 0.05) is 17.0 Å². The van der Waals surface area contributed by atoms with Crippen LogP contribution in [-0.2, 0) is 11.3 Å². The average molecular weight is 500 g/mol. The second-order valence-corrected chi connectivity index (χ2v) is 9.19. The molecule has 0 bridgehead atoms. The highest BCUT2D eigenvalue weighted by atomic mass is 16.6. The minimum atomic E-state index is -0.564. The number of fused-ring (bicyclic) bond motifs is 1. The van der Waals surface area contributed by atoms with Crippen LogP contribution in [-0.4, -0.2) is 45.4 Å². The van der Waals surface area contributed by atoms with Crippen LogP contribution in [0.1, 0.15) is 43.5 Å². The fraction of sp³-hybridized carbons (Fsp3) is 0.276. The number of carbonyl (C=O) groups is 2.